The van der Waals surface area contributed by atoms with E-state index < -0.39 is 0 Å². The summed E-state index contributed by atoms with van der Waals surface area (Å²) in [6, 6.07) is 9.88. The van der Waals surface area contributed by atoms with Crippen LogP contribution in [0.25, 0.3) is 10.9 Å². The summed E-state index contributed by atoms with van der Waals surface area (Å²) in [5.41, 5.74) is 2.12. The van der Waals surface area contributed by atoms with Crippen molar-refractivity contribution in [3.8, 4) is 6.07 Å². The van der Waals surface area contributed by atoms with Gasteiger partial charge in [0.15, 0.2) is 0 Å². The molecule has 0 aliphatic rings. The summed E-state index contributed by atoms with van der Waals surface area (Å²) in [4.78, 5) is 8.49. The predicted molar refractivity (Wildman–Crippen MR) is 79.7 cm³/mol. The molecule has 0 amide bonds. The summed E-state index contributed by atoms with van der Waals surface area (Å²) in [6.45, 7) is 2.45. The van der Waals surface area contributed by atoms with Gasteiger partial charge in [-0.05, 0) is 6.07 Å². The molecule has 0 fully saturated rings. The van der Waals surface area contributed by atoms with Crippen molar-refractivity contribution in [2.75, 3.05) is 5.32 Å². The molecule has 2 heterocycles. The minimum Gasteiger partial charge on any atom is -0.444 e. The Morgan fingerprint density at radius 1 is 1.24 bits per heavy atom. The number of nitriles is 1. The Kier molecular flexibility index (Phi) is 3.52. The molecule has 0 spiro atoms. The quantitative estimate of drug-likeness (QED) is 0.792. The van der Waals surface area contributed by atoms with Crippen LogP contribution in [0.1, 0.15) is 24.1 Å². The number of aromatic nitrogens is 2. The first kappa shape index (κ1) is 13.1. The summed E-state index contributed by atoms with van der Waals surface area (Å²) < 4.78 is 5.57. The number of fused-ring (bicyclic) bond motifs is 1. The standard InChI is InChI=1S/C16H14N4O/c1-2-12-9-19-15(21-12)10-20-16-11(7-17)8-18-14-6-4-3-5-13(14)16/h3-6,8-9H,2,10H2,1H3,(H,18,20). The van der Waals surface area contributed by atoms with Crippen molar-refractivity contribution in [3.05, 3.63) is 53.9 Å². The molecule has 3 rings (SSSR count). The number of nitrogens with one attached hydrogen (secondary N) is 1. The van der Waals surface area contributed by atoms with Gasteiger partial charge >= 0.3 is 0 Å². The lowest BCUT2D eigenvalue weighted by Crippen LogP contribution is -2.03. The highest BCUT2D eigenvalue weighted by atomic mass is 16.4. The van der Waals surface area contributed by atoms with Gasteiger partial charge in [-0.15, -0.1) is 0 Å². The smallest absolute Gasteiger partial charge is 0.213 e. The van der Waals surface area contributed by atoms with Gasteiger partial charge in [-0.25, -0.2) is 4.98 Å². The number of hydrogen-bond donors (Lipinski definition) is 1. The monoisotopic (exact) mass is 278 g/mol. The molecule has 104 valence electrons. The van der Waals surface area contributed by atoms with Crippen LogP contribution in [0, 0.1) is 11.3 Å². The van der Waals surface area contributed by atoms with Crippen LogP contribution in [0.15, 0.2) is 41.1 Å². The number of rotatable bonds is 4. The van der Waals surface area contributed by atoms with Gasteiger partial charge in [-0.3, -0.25) is 4.98 Å². The molecule has 0 bridgehead atoms. The van der Waals surface area contributed by atoms with E-state index in [-0.39, 0.29) is 0 Å². The molecule has 0 unspecified atom stereocenters. The Labute approximate surface area is 122 Å². The van der Waals surface area contributed by atoms with E-state index in [0.717, 1.165) is 28.8 Å². The van der Waals surface area contributed by atoms with Gasteiger partial charge in [0.05, 0.1) is 29.5 Å². The lowest BCUT2D eigenvalue weighted by Gasteiger charge is -2.09. The van der Waals surface area contributed by atoms with Crippen molar-refractivity contribution in [3.63, 3.8) is 0 Å². The Morgan fingerprint density at radius 3 is 2.86 bits per heavy atom. The van der Waals surface area contributed by atoms with Crippen molar-refractivity contribution in [2.45, 2.75) is 19.9 Å². The van der Waals surface area contributed by atoms with E-state index in [1.54, 1.807) is 12.4 Å². The maximum absolute atomic E-state index is 9.25. The summed E-state index contributed by atoms with van der Waals surface area (Å²) in [5.74, 6) is 1.46. The van der Waals surface area contributed by atoms with Gasteiger partial charge in [0.2, 0.25) is 5.89 Å². The third-order valence-corrected chi connectivity index (χ3v) is 3.26. The zero-order valence-electron chi connectivity index (χ0n) is 11.6. The molecule has 21 heavy (non-hydrogen) atoms. The van der Waals surface area contributed by atoms with Crippen LogP contribution in [-0.2, 0) is 13.0 Å². The first-order chi connectivity index (χ1) is 10.3. The maximum Gasteiger partial charge on any atom is 0.213 e. The molecule has 3 aromatic rings. The van der Waals surface area contributed by atoms with E-state index in [1.807, 2.05) is 31.2 Å². The van der Waals surface area contributed by atoms with Crippen LogP contribution in [-0.4, -0.2) is 9.97 Å². The number of para-hydroxylation sites is 1. The van der Waals surface area contributed by atoms with Crippen molar-refractivity contribution in [1.82, 2.24) is 9.97 Å². The van der Waals surface area contributed by atoms with E-state index in [2.05, 4.69) is 21.4 Å². The summed E-state index contributed by atoms with van der Waals surface area (Å²) in [7, 11) is 0. The van der Waals surface area contributed by atoms with Crippen LogP contribution >= 0.6 is 0 Å². The second kappa shape index (κ2) is 5.63. The van der Waals surface area contributed by atoms with Crippen LogP contribution in [0.3, 0.4) is 0 Å². The molecule has 5 heteroatoms. The molecule has 5 nitrogen and oxygen atoms in total. The number of nitrogens with zero attached hydrogens (tertiary/aromatic N) is 3. The van der Waals surface area contributed by atoms with Crippen molar-refractivity contribution >= 4 is 16.6 Å². The van der Waals surface area contributed by atoms with Crippen molar-refractivity contribution in [1.29, 1.82) is 5.26 Å². The third-order valence-electron chi connectivity index (χ3n) is 3.26. The Hall–Kier alpha value is -2.87. The minimum absolute atomic E-state index is 0.433. The molecule has 0 saturated carbocycles. The van der Waals surface area contributed by atoms with Crippen LogP contribution in [0.4, 0.5) is 5.69 Å². The summed E-state index contributed by atoms with van der Waals surface area (Å²) in [5, 5.41) is 13.4. The van der Waals surface area contributed by atoms with Crippen LogP contribution < -0.4 is 5.32 Å². The predicted octanol–water partition coefficient (Wildman–Crippen LogP) is 3.27. The van der Waals surface area contributed by atoms with Gasteiger partial charge in [-0.2, -0.15) is 5.26 Å². The van der Waals surface area contributed by atoms with E-state index >= 15 is 0 Å². The Bertz CT molecular complexity index is 817. The largest absolute Gasteiger partial charge is 0.444 e. The first-order valence-corrected chi connectivity index (χ1v) is 6.77. The SMILES string of the molecule is CCc1cnc(CNc2c(C#N)cnc3ccccc23)o1. The van der Waals surface area contributed by atoms with Gasteiger partial charge in [-0.1, -0.05) is 25.1 Å². The van der Waals surface area contributed by atoms with Crippen LogP contribution in [0.2, 0.25) is 0 Å². The molecule has 0 aliphatic carbocycles. The molecule has 0 atom stereocenters. The number of oxazole rings is 1. The van der Waals surface area contributed by atoms with E-state index in [4.69, 9.17) is 4.42 Å². The van der Waals surface area contributed by atoms with Crippen molar-refractivity contribution < 1.29 is 4.42 Å². The topological polar surface area (TPSA) is 74.7 Å². The van der Waals surface area contributed by atoms with Gasteiger partial charge < -0.3 is 9.73 Å². The van der Waals surface area contributed by atoms with E-state index in [0.29, 0.717) is 18.0 Å². The number of aryl methyl sites for hydroxylation is 1. The molecule has 1 N–H and O–H groups in total. The number of anilines is 1. The normalized spacial score (nSPS) is 10.5. The zero-order valence-corrected chi connectivity index (χ0v) is 11.6. The van der Waals surface area contributed by atoms with E-state index in [1.165, 1.54) is 0 Å². The second-order valence-corrected chi connectivity index (χ2v) is 4.60. The Morgan fingerprint density at radius 2 is 2.10 bits per heavy atom. The molecule has 2 aromatic heterocycles. The maximum atomic E-state index is 9.25. The number of pyridine rings is 1. The Balaban J connectivity index is 1.93. The average Bonchev–Trinajstić information content (AvgIpc) is 3.00. The minimum atomic E-state index is 0.433. The average molecular weight is 278 g/mol. The first-order valence-electron chi connectivity index (χ1n) is 6.77. The molecular weight excluding hydrogens is 264 g/mol. The molecule has 1 aromatic carbocycles. The fraction of sp³-hybridized carbons (Fsp3) is 0.188. The van der Waals surface area contributed by atoms with Gasteiger partial charge in [0.25, 0.3) is 0 Å². The highest BCUT2D eigenvalue weighted by molar-refractivity contribution is 5.93. The lowest BCUT2D eigenvalue weighted by atomic mass is 10.1. The van der Waals surface area contributed by atoms with E-state index in [9.17, 15) is 5.26 Å². The number of benzene rings is 1. The van der Waals surface area contributed by atoms with Gasteiger partial charge in [0, 0.05) is 18.0 Å². The summed E-state index contributed by atoms with van der Waals surface area (Å²) >= 11 is 0. The fourth-order valence-electron chi connectivity index (χ4n) is 2.17. The third kappa shape index (κ3) is 2.56. The zero-order chi connectivity index (χ0) is 14.7. The molecule has 0 saturated heterocycles. The second-order valence-electron chi connectivity index (χ2n) is 4.60. The highest BCUT2D eigenvalue weighted by Crippen LogP contribution is 2.25. The number of hydrogen-bond acceptors (Lipinski definition) is 5. The lowest BCUT2D eigenvalue weighted by molar-refractivity contribution is 0.466. The van der Waals surface area contributed by atoms with Crippen LogP contribution in [0.5, 0.6) is 0 Å². The highest BCUT2D eigenvalue weighted by Gasteiger charge is 2.09. The molecule has 0 aliphatic heterocycles. The van der Waals surface area contributed by atoms with Gasteiger partial charge in [0.1, 0.15) is 11.8 Å². The van der Waals surface area contributed by atoms with Crippen molar-refractivity contribution in [2.24, 2.45) is 0 Å². The molecular formula is C16H14N4O. The molecule has 0 radical (unpaired) electrons. The fourth-order valence-corrected chi connectivity index (χ4v) is 2.17. The summed E-state index contributed by atoms with van der Waals surface area (Å²) in [6.07, 6.45) is 4.12.